The molecule has 2 aromatic rings. The normalized spacial score (nSPS) is 16.1. The van der Waals surface area contributed by atoms with Crippen molar-refractivity contribution in [3.05, 3.63) is 22.7 Å². The first-order chi connectivity index (χ1) is 9.16. The van der Waals surface area contributed by atoms with E-state index in [0.717, 1.165) is 28.6 Å². The van der Waals surface area contributed by atoms with Gasteiger partial charge in [0.2, 0.25) is 0 Å². The van der Waals surface area contributed by atoms with Crippen molar-refractivity contribution in [1.29, 1.82) is 0 Å². The second-order valence-electron chi connectivity index (χ2n) is 5.11. The summed E-state index contributed by atoms with van der Waals surface area (Å²) in [5, 5.41) is 4.00. The molecule has 0 aromatic carbocycles. The highest BCUT2D eigenvalue weighted by Crippen LogP contribution is 2.34. The van der Waals surface area contributed by atoms with Gasteiger partial charge in [-0.2, -0.15) is 0 Å². The molecule has 1 saturated carbocycles. The van der Waals surface area contributed by atoms with Crippen LogP contribution in [0, 0.1) is 6.92 Å². The van der Waals surface area contributed by atoms with E-state index in [-0.39, 0.29) is 5.91 Å². The van der Waals surface area contributed by atoms with Gasteiger partial charge in [-0.25, -0.2) is 4.98 Å². The number of rotatable bonds is 2. The third kappa shape index (κ3) is 2.18. The molecule has 1 amide bonds. The number of aromatic nitrogens is 1. The molecule has 0 aliphatic heterocycles. The maximum Gasteiger partial charge on any atom is 0.263 e. The first-order valence-corrected chi connectivity index (χ1v) is 7.43. The number of thiophene rings is 1. The lowest BCUT2D eigenvalue weighted by atomic mass is 10.1. The van der Waals surface area contributed by atoms with Crippen LogP contribution in [0.1, 0.15) is 40.9 Å². The van der Waals surface area contributed by atoms with Crippen molar-refractivity contribution in [2.24, 2.45) is 0 Å². The summed E-state index contributed by atoms with van der Waals surface area (Å²) in [6, 6.07) is 2.23. The topological polar surface area (TPSA) is 68.0 Å². The fourth-order valence-electron chi connectivity index (χ4n) is 2.69. The maximum atomic E-state index is 12.3. The Morgan fingerprint density at radius 2 is 2.21 bits per heavy atom. The summed E-state index contributed by atoms with van der Waals surface area (Å²) in [5.74, 6) is -0.0493. The molecule has 3 rings (SSSR count). The minimum atomic E-state index is -0.0493. The van der Waals surface area contributed by atoms with Gasteiger partial charge >= 0.3 is 0 Å². The average molecular weight is 275 g/mol. The van der Waals surface area contributed by atoms with Crippen LogP contribution >= 0.6 is 11.3 Å². The molecule has 0 bridgehead atoms. The van der Waals surface area contributed by atoms with E-state index in [0.29, 0.717) is 16.6 Å². The van der Waals surface area contributed by atoms with Gasteiger partial charge < -0.3 is 11.1 Å². The Balaban J connectivity index is 1.94. The lowest BCUT2D eigenvalue weighted by Gasteiger charge is -2.10. The number of carbonyl (C=O) groups is 1. The molecule has 0 unspecified atom stereocenters. The number of hydrogen-bond donors (Lipinski definition) is 2. The van der Waals surface area contributed by atoms with Gasteiger partial charge in [-0.3, -0.25) is 4.79 Å². The molecule has 0 spiro atoms. The van der Waals surface area contributed by atoms with E-state index in [1.165, 1.54) is 24.2 Å². The smallest absolute Gasteiger partial charge is 0.263 e. The number of aryl methyl sites for hydroxylation is 1. The van der Waals surface area contributed by atoms with Crippen molar-refractivity contribution in [2.75, 3.05) is 5.73 Å². The van der Waals surface area contributed by atoms with Gasteiger partial charge in [-0.05, 0) is 31.4 Å². The minimum Gasteiger partial charge on any atom is -0.397 e. The highest BCUT2D eigenvalue weighted by molar-refractivity contribution is 7.21. The van der Waals surface area contributed by atoms with Crippen molar-refractivity contribution in [3.8, 4) is 0 Å². The number of anilines is 1. The third-order valence-corrected chi connectivity index (χ3v) is 4.85. The van der Waals surface area contributed by atoms with Crippen molar-refractivity contribution in [3.63, 3.8) is 0 Å². The number of nitrogens with zero attached hydrogens (tertiary/aromatic N) is 1. The van der Waals surface area contributed by atoms with Gasteiger partial charge in [0.05, 0.1) is 5.69 Å². The van der Waals surface area contributed by atoms with Crippen LogP contribution in [0.5, 0.6) is 0 Å². The molecule has 2 aromatic heterocycles. The molecule has 2 heterocycles. The molecule has 100 valence electrons. The molecule has 3 N–H and O–H groups in total. The number of hydrogen-bond acceptors (Lipinski definition) is 4. The predicted octanol–water partition coefficient (Wildman–Crippen LogP) is 2.86. The van der Waals surface area contributed by atoms with Crippen molar-refractivity contribution < 1.29 is 4.79 Å². The van der Waals surface area contributed by atoms with Gasteiger partial charge in [-0.1, -0.05) is 12.8 Å². The van der Waals surface area contributed by atoms with Gasteiger partial charge in [-0.15, -0.1) is 11.3 Å². The summed E-state index contributed by atoms with van der Waals surface area (Å²) in [7, 11) is 0. The van der Waals surface area contributed by atoms with Gasteiger partial charge in [0.1, 0.15) is 9.71 Å². The van der Waals surface area contributed by atoms with E-state index in [2.05, 4.69) is 10.3 Å². The van der Waals surface area contributed by atoms with Gasteiger partial charge in [0.25, 0.3) is 5.91 Å². The first kappa shape index (κ1) is 12.4. The van der Waals surface area contributed by atoms with E-state index in [1.54, 1.807) is 6.20 Å². The molecule has 1 aliphatic rings. The second-order valence-corrected chi connectivity index (χ2v) is 6.11. The Morgan fingerprint density at radius 3 is 2.89 bits per heavy atom. The number of nitrogen functional groups attached to an aromatic ring is 1. The van der Waals surface area contributed by atoms with Crippen molar-refractivity contribution >= 4 is 33.1 Å². The molecule has 1 fully saturated rings. The van der Waals surface area contributed by atoms with Crippen LogP contribution in [-0.2, 0) is 0 Å². The Labute approximate surface area is 116 Å². The number of amides is 1. The van der Waals surface area contributed by atoms with Crippen LogP contribution in [0.25, 0.3) is 10.2 Å². The standard InChI is InChI=1S/C14H17N3OS/c1-8-6-7-16-14-10(8)11(15)12(19-14)13(18)17-9-4-2-3-5-9/h6-7,9H,2-5,15H2,1H3,(H,17,18). The van der Waals surface area contributed by atoms with E-state index in [4.69, 9.17) is 5.73 Å². The lowest BCUT2D eigenvalue weighted by molar-refractivity contribution is 0.0943. The number of nitrogens with one attached hydrogen (secondary N) is 1. The third-order valence-electron chi connectivity index (χ3n) is 3.73. The van der Waals surface area contributed by atoms with Crippen LogP contribution in [0.4, 0.5) is 5.69 Å². The van der Waals surface area contributed by atoms with Crippen molar-refractivity contribution in [2.45, 2.75) is 38.6 Å². The van der Waals surface area contributed by atoms with Crippen LogP contribution in [0.2, 0.25) is 0 Å². The van der Waals surface area contributed by atoms with Gasteiger partial charge in [0, 0.05) is 17.6 Å². The largest absolute Gasteiger partial charge is 0.397 e. The zero-order valence-corrected chi connectivity index (χ0v) is 11.7. The van der Waals surface area contributed by atoms with Crippen LogP contribution in [-0.4, -0.2) is 16.9 Å². The fraction of sp³-hybridized carbons (Fsp3) is 0.429. The minimum absolute atomic E-state index is 0.0493. The van der Waals surface area contributed by atoms with E-state index < -0.39 is 0 Å². The molecule has 0 saturated heterocycles. The number of nitrogens with two attached hydrogens (primary N) is 1. The van der Waals surface area contributed by atoms with Crippen molar-refractivity contribution in [1.82, 2.24) is 10.3 Å². The molecular weight excluding hydrogens is 258 g/mol. The number of fused-ring (bicyclic) bond motifs is 1. The highest BCUT2D eigenvalue weighted by Gasteiger charge is 2.22. The zero-order valence-electron chi connectivity index (χ0n) is 10.9. The van der Waals surface area contributed by atoms with Crippen LogP contribution in [0.3, 0.4) is 0 Å². The Bertz CT molecular complexity index is 629. The molecular formula is C14H17N3OS. The summed E-state index contributed by atoms with van der Waals surface area (Å²) >= 11 is 1.38. The predicted molar refractivity (Wildman–Crippen MR) is 78.5 cm³/mol. The molecule has 4 nitrogen and oxygen atoms in total. The number of pyridine rings is 1. The average Bonchev–Trinajstić information content (AvgIpc) is 2.98. The van der Waals surface area contributed by atoms with E-state index in [9.17, 15) is 4.79 Å². The SMILES string of the molecule is Cc1ccnc2sc(C(=O)NC3CCCC3)c(N)c12. The van der Waals surface area contributed by atoms with E-state index in [1.807, 2.05) is 13.0 Å². The summed E-state index contributed by atoms with van der Waals surface area (Å²) in [5.41, 5.74) is 7.76. The van der Waals surface area contributed by atoms with E-state index >= 15 is 0 Å². The maximum absolute atomic E-state index is 12.3. The fourth-order valence-corrected chi connectivity index (χ4v) is 3.74. The first-order valence-electron chi connectivity index (χ1n) is 6.61. The summed E-state index contributed by atoms with van der Waals surface area (Å²) in [4.78, 5) is 18.0. The monoisotopic (exact) mass is 275 g/mol. The molecule has 19 heavy (non-hydrogen) atoms. The summed E-state index contributed by atoms with van der Waals surface area (Å²) < 4.78 is 0. The van der Waals surface area contributed by atoms with Crippen LogP contribution in [0.15, 0.2) is 12.3 Å². The molecule has 5 heteroatoms. The zero-order chi connectivity index (χ0) is 13.4. The Morgan fingerprint density at radius 1 is 1.47 bits per heavy atom. The van der Waals surface area contributed by atoms with Gasteiger partial charge in [0.15, 0.2) is 0 Å². The number of carbonyl (C=O) groups excluding carboxylic acids is 1. The summed E-state index contributed by atoms with van der Waals surface area (Å²) in [6.45, 7) is 1.99. The Kier molecular flexibility index (Phi) is 3.14. The molecule has 1 aliphatic carbocycles. The lowest BCUT2D eigenvalue weighted by Crippen LogP contribution is -2.32. The summed E-state index contributed by atoms with van der Waals surface area (Å²) in [6.07, 6.45) is 6.31. The highest BCUT2D eigenvalue weighted by atomic mass is 32.1. The second kappa shape index (κ2) is 4.81. The molecule has 0 radical (unpaired) electrons. The molecule has 0 atom stereocenters. The van der Waals surface area contributed by atoms with Crippen LogP contribution < -0.4 is 11.1 Å². The Hall–Kier alpha value is -1.62. The quantitative estimate of drug-likeness (QED) is 0.885.